The highest BCUT2D eigenvalue weighted by Crippen LogP contribution is 2.27. The van der Waals surface area contributed by atoms with Crippen molar-refractivity contribution >= 4 is 15.9 Å². The van der Waals surface area contributed by atoms with Crippen LogP contribution in [0.25, 0.3) is 0 Å². The van der Waals surface area contributed by atoms with Gasteiger partial charge < -0.3 is 5.32 Å². The Morgan fingerprint density at radius 3 is 2.94 bits per heavy atom. The van der Waals surface area contributed by atoms with E-state index < -0.39 is 0 Å². The lowest BCUT2D eigenvalue weighted by molar-refractivity contribution is 0.286. The Kier molecular flexibility index (Phi) is 5.19. The molecule has 0 amide bonds. The summed E-state index contributed by atoms with van der Waals surface area (Å²) in [6.07, 6.45) is 10.8. The molecule has 1 N–H and O–H groups in total. The van der Waals surface area contributed by atoms with E-state index in [0.29, 0.717) is 0 Å². The molecule has 0 saturated carbocycles. The van der Waals surface area contributed by atoms with Crippen LogP contribution in [0.5, 0.6) is 0 Å². The summed E-state index contributed by atoms with van der Waals surface area (Å²) < 4.78 is 1.06. The molecule has 1 fully saturated rings. The van der Waals surface area contributed by atoms with Crippen molar-refractivity contribution in [3.63, 3.8) is 0 Å². The lowest BCUT2D eigenvalue weighted by Gasteiger charge is -2.33. The SMILES string of the molecule is CCCC1(Cc2ccc(Br)cn2)CCCCCN1. The molecule has 100 valence electrons. The molecule has 1 atom stereocenters. The summed E-state index contributed by atoms with van der Waals surface area (Å²) in [5, 5.41) is 3.81. The topological polar surface area (TPSA) is 24.9 Å². The highest BCUT2D eigenvalue weighted by atomic mass is 79.9. The van der Waals surface area contributed by atoms with Gasteiger partial charge >= 0.3 is 0 Å². The van der Waals surface area contributed by atoms with Gasteiger partial charge in [0, 0.05) is 28.3 Å². The highest BCUT2D eigenvalue weighted by molar-refractivity contribution is 9.10. The average molecular weight is 311 g/mol. The van der Waals surface area contributed by atoms with E-state index in [1.165, 1.54) is 44.2 Å². The molecule has 18 heavy (non-hydrogen) atoms. The summed E-state index contributed by atoms with van der Waals surface area (Å²) in [5.74, 6) is 0. The second-order valence-corrected chi connectivity index (χ2v) is 6.33. The fourth-order valence-corrected chi connectivity index (χ4v) is 3.23. The van der Waals surface area contributed by atoms with E-state index >= 15 is 0 Å². The molecule has 0 bridgehead atoms. The Hall–Kier alpha value is -0.410. The molecule has 0 spiro atoms. The molecule has 0 radical (unpaired) electrons. The molecule has 1 aliphatic heterocycles. The average Bonchev–Trinajstić information content (AvgIpc) is 2.59. The molecule has 1 saturated heterocycles. The first-order valence-corrected chi connectivity index (χ1v) is 7.89. The monoisotopic (exact) mass is 310 g/mol. The van der Waals surface area contributed by atoms with Gasteiger partial charge in [0.05, 0.1) is 0 Å². The van der Waals surface area contributed by atoms with Crippen molar-refractivity contribution in [2.45, 2.75) is 57.4 Å². The summed E-state index contributed by atoms with van der Waals surface area (Å²) >= 11 is 3.45. The third-order valence-corrected chi connectivity index (χ3v) is 4.34. The van der Waals surface area contributed by atoms with Crippen molar-refractivity contribution in [2.24, 2.45) is 0 Å². The van der Waals surface area contributed by atoms with E-state index in [1.54, 1.807) is 0 Å². The zero-order valence-electron chi connectivity index (χ0n) is 11.2. The largest absolute Gasteiger partial charge is 0.311 e. The molecule has 1 aromatic rings. The quantitative estimate of drug-likeness (QED) is 0.906. The van der Waals surface area contributed by atoms with Crippen LogP contribution < -0.4 is 5.32 Å². The minimum atomic E-state index is 0.284. The normalized spacial score (nSPS) is 24.8. The standard InChI is InChI=1S/C15H23BrN2/c1-2-8-15(9-4-3-5-10-18-15)11-14-7-6-13(16)12-17-14/h6-7,12,18H,2-5,8-11H2,1H3. The van der Waals surface area contributed by atoms with Crippen molar-refractivity contribution in [1.82, 2.24) is 10.3 Å². The fourth-order valence-electron chi connectivity index (χ4n) is 3.00. The lowest BCUT2D eigenvalue weighted by atomic mass is 9.84. The molecule has 0 aliphatic carbocycles. The molecule has 1 unspecified atom stereocenters. The fraction of sp³-hybridized carbons (Fsp3) is 0.667. The smallest absolute Gasteiger partial charge is 0.0422 e. The number of nitrogens with one attached hydrogen (secondary N) is 1. The number of hydrogen-bond acceptors (Lipinski definition) is 2. The summed E-state index contributed by atoms with van der Waals surface area (Å²) in [4.78, 5) is 4.54. The Morgan fingerprint density at radius 1 is 1.33 bits per heavy atom. The second kappa shape index (κ2) is 6.67. The summed E-state index contributed by atoms with van der Waals surface area (Å²) in [6.45, 7) is 3.44. The molecule has 3 heteroatoms. The molecule has 0 aromatic carbocycles. The molecular weight excluding hydrogens is 288 g/mol. The van der Waals surface area contributed by atoms with Crippen LogP contribution in [0.2, 0.25) is 0 Å². The van der Waals surface area contributed by atoms with Gasteiger partial charge in [-0.15, -0.1) is 0 Å². The zero-order valence-corrected chi connectivity index (χ0v) is 12.8. The minimum absolute atomic E-state index is 0.284. The van der Waals surface area contributed by atoms with Crippen LogP contribution in [0.3, 0.4) is 0 Å². The predicted molar refractivity (Wildman–Crippen MR) is 79.8 cm³/mol. The van der Waals surface area contributed by atoms with E-state index in [2.05, 4.69) is 45.3 Å². The lowest BCUT2D eigenvalue weighted by Crippen LogP contribution is -2.46. The minimum Gasteiger partial charge on any atom is -0.311 e. The first-order valence-electron chi connectivity index (χ1n) is 7.10. The Morgan fingerprint density at radius 2 is 2.22 bits per heavy atom. The first kappa shape index (κ1) is 14.0. The van der Waals surface area contributed by atoms with Gasteiger partial charge in [0.25, 0.3) is 0 Å². The number of nitrogens with zero attached hydrogens (tertiary/aromatic N) is 1. The van der Waals surface area contributed by atoms with E-state index in [4.69, 9.17) is 0 Å². The number of rotatable bonds is 4. The molecular formula is C15H23BrN2. The predicted octanol–water partition coefficient (Wildman–Crippen LogP) is 4.09. The van der Waals surface area contributed by atoms with Gasteiger partial charge in [0.2, 0.25) is 0 Å². The number of pyridine rings is 1. The van der Waals surface area contributed by atoms with Gasteiger partial charge in [0.1, 0.15) is 0 Å². The molecule has 2 nitrogen and oxygen atoms in total. The maximum absolute atomic E-state index is 4.54. The van der Waals surface area contributed by atoms with E-state index in [0.717, 1.165) is 17.4 Å². The van der Waals surface area contributed by atoms with Crippen molar-refractivity contribution in [3.05, 3.63) is 28.5 Å². The molecule has 2 rings (SSSR count). The highest BCUT2D eigenvalue weighted by Gasteiger charge is 2.30. The Balaban J connectivity index is 2.11. The van der Waals surface area contributed by atoms with Gasteiger partial charge in [-0.1, -0.05) is 26.2 Å². The third kappa shape index (κ3) is 3.79. The van der Waals surface area contributed by atoms with Crippen LogP contribution >= 0.6 is 15.9 Å². The van der Waals surface area contributed by atoms with Crippen molar-refractivity contribution < 1.29 is 0 Å². The molecule has 1 aromatic heterocycles. The number of halogens is 1. The molecule has 1 aliphatic rings. The maximum Gasteiger partial charge on any atom is 0.0422 e. The van der Waals surface area contributed by atoms with Gasteiger partial charge in [0.15, 0.2) is 0 Å². The van der Waals surface area contributed by atoms with E-state index in [9.17, 15) is 0 Å². The second-order valence-electron chi connectivity index (χ2n) is 5.41. The zero-order chi connectivity index (χ0) is 12.8. The third-order valence-electron chi connectivity index (χ3n) is 3.87. The van der Waals surface area contributed by atoms with Crippen molar-refractivity contribution in [2.75, 3.05) is 6.54 Å². The van der Waals surface area contributed by atoms with E-state index in [1.807, 2.05) is 6.20 Å². The Labute approximate surface area is 119 Å². The first-order chi connectivity index (χ1) is 8.74. The van der Waals surface area contributed by atoms with Gasteiger partial charge in [-0.05, 0) is 53.9 Å². The van der Waals surface area contributed by atoms with Gasteiger partial charge in [-0.2, -0.15) is 0 Å². The number of aromatic nitrogens is 1. The number of hydrogen-bond donors (Lipinski definition) is 1. The Bertz CT molecular complexity index is 353. The van der Waals surface area contributed by atoms with Crippen LogP contribution in [0.1, 0.15) is 51.1 Å². The van der Waals surface area contributed by atoms with Crippen LogP contribution in [0.15, 0.2) is 22.8 Å². The summed E-state index contributed by atoms with van der Waals surface area (Å²) in [6, 6.07) is 4.24. The van der Waals surface area contributed by atoms with Crippen LogP contribution in [-0.2, 0) is 6.42 Å². The van der Waals surface area contributed by atoms with Gasteiger partial charge in [-0.25, -0.2) is 0 Å². The van der Waals surface area contributed by atoms with Crippen LogP contribution in [0, 0.1) is 0 Å². The molecule has 2 heterocycles. The van der Waals surface area contributed by atoms with E-state index in [-0.39, 0.29) is 5.54 Å². The van der Waals surface area contributed by atoms with Crippen LogP contribution in [-0.4, -0.2) is 17.1 Å². The summed E-state index contributed by atoms with van der Waals surface area (Å²) in [7, 11) is 0. The van der Waals surface area contributed by atoms with Gasteiger partial charge in [-0.3, -0.25) is 4.98 Å². The maximum atomic E-state index is 4.54. The van der Waals surface area contributed by atoms with Crippen molar-refractivity contribution in [1.29, 1.82) is 0 Å². The summed E-state index contributed by atoms with van der Waals surface area (Å²) in [5.41, 5.74) is 1.49. The van der Waals surface area contributed by atoms with Crippen LogP contribution in [0.4, 0.5) is 0 Å². The van der Waals surface area contributed by atoms with Crippen molar-refractivity contribution in [3.8, 4) is 0 Å².